The van der Waals surface area contributed by atoms with Gasteiger partial charge in [-0.05, 0) is 37.3 Å². The first-order valence-corrected chi connectivity index (χ1v) is 11.1. The van der Waals surface area contributed by atoms with E-state index in [1.54, 1.807) is 30.0 Å². The predicted octanol–water partition coefficient (Wildman–Crippen LogP) is 4.77. The number of carbonyl (C=O) groups excluding carboxylic acids is 2. The lowest BCUT2D eigenvalue weighted by Gasteiger charge is -2.15. The molecule has 1 saturated heterocycles. The summed E-state index contributed by atoms with van der Waals surface area (Å²) in [5, 5.41) is 12.8. The van der Waals surface area contributed by atoms with Gasteiger partial charge >= 0.3 is 0 Å². The highest BCUT2D eigenvalue weighted by Gasteiger charge is 2.34. The third-order valence-electron chi connectivity index (χ3n) is 4.78. The van der Waals surface area contributed by atoms with Crippen LogP contribution >= 0.6 is 34.5 Å². The van der Waals surface area contributed by atoms with Gasteiger partial charge in [0, 0.05) is 29.6 Å². The standard InChI is InChI=1S/C21H18Cl2N4O3S/c1-12(30-17-8-7-14(22)10-16(17)23)19(29)24-21-26-25-20(31-21)13-9-18(28)27(11-13)15-5-3-2-4-6-15/h2-8,10,12-13H,9,11H2,1H3,(H,24,26,29). The fourth-order valence-corrected chi connectivity index (χ4v) is 4.49. The number of benzene rings is 2. The zero-order chi connectivity index (χ0) is 22.0. The zero-order valence-electron chi connectivity index (χ0n) is 16.4. The maximum absolute atomic E-state index is 12.5. The fraction of sp³-hybridized carbons (Fsp3) is 0.238. The molecule has 0 aliphatic carbocycles. The second kappa shape index (κ2) is 9.21. The van der Waals surface area contributed by atoms with Crippen LogP contribution in [-0.2, 0) is 9.59 Å². The molecule has 160 valence electrons. The molecule has 1 N–H and O–H groups in total. The van der Waals surface area contributed by atoms with Gasteiger partial charge in [-0.15, -0.1) is 10.2 Å². The van der Waals surface area contributed by atoms with Gasteiger partial charge in [-0.2, -0.15) is 0 Å². The number of halogens is 2. The van der Waals surface area contributed by atoms with Crippen LogP contribution in [0.15, 0.2) is 48.5 Å². The molecule has 1 aliphatic heterocycles. The number of amides is 2. The minimum absolute atomic E-state index is 0.0406. The lowest BCUT2D eigenvalue weighted by molar-refractivity contribution is -0.122. The van der Waals surface area contributed by atoms with E-state index in [0.29, 0.717) is 38.9 Å². The van der Waals surface area contributed by atoms with Crippen molar-refractivity contribution < 1.29 is 14.3 Å². The van der Waals surface area contributed by atoms with Gasteiger partial charge in [-0.25, -0.2) is 0 Å². The molecule has 2 unspecified atom stereocenters. The third kappa shape index (κ3) is 4.98. The van der Waals surface area contributed by atoms with Crippen LogP contribution < -0.4 is 15.0 Å². The summed E-state index contributed by atoms with van der Waals surface area (Å²) < 4.78 is 5.62. The Balaban J connectivity index is 1.37. The first kappa shape index (κ1) is 21.5. The van der Waals surface area contributed by atoms with Crippen molar-refractivity contribution in [3.05, 3.63) is 63.6 Å². The van der Waals surface area contributed by atoms with Crippen molar-refractivity contribution in [3.8, 4) is 5.75 Å². The van der Waals surface area contributed by atoms with Crippen molar-refractivity contribution in [2.75, 3.05) is 16.8 Å². The summed E-state index contributed by atoms with van der Waals surface area (Å²) in [6.45, 7) is 2.13. The second-order valence-corrected chi connectivity index (χ2v) is 8.86. The van der Waals surface area contributed by atoms with E-state index >= 15 is 0 Å². The Hall–Kier alpha value is -2.68. The van der Waals surface area contributed by atoms with Gasteiger partial charge in [0.25, 0.3) is 5.91 Å². The minimum atomic E-state index is -0.812. The topological polar surface area (TPSA) is 84.4 Å². The van der Waals surface area contributed by atoms with Crippen LogP contribution in [-0.4, -0.2) is 34.7 Å². The van der Waals surface area contributed by atoms with Gasteiger partial charge in [-0.3, -0.25) is 14.9 Å². The fourth-order valence-electron chi connectivity index (χ4n) is 3.20. The summed E-state index contributed by atoms with van der Waals surface area (Å²) in [7, 11) is 0. The Labute approximate surface area is 192 Å². The molecule has 3 aromatic rings. The Morgan fingerprint density at radius 3 is 2.74 bits per heavy atom. The molecule has 1 aliphatic rings. The van der Waals surface area contributed by atoms with E-state index in [-0.39, 0.29) is 17.7 Å². The van der Waals surface area contributed by atoms with E-state index in [1.165, 1.54) is 11.3 Å². The van der Waals surface area contributed by atoms with E-state index in [4.69, 9.17) is 27.9 Å². The highest BCUT2D eigenvalue weighted by atomic mass is 35.5. The van der Waals surface area contributed by atoms with Crippen LogP contribution in [0, 0.1) is 0 Å². The van der Waals surface area contributed by atoms with Gasteiger partial charge in [-0.1, -0.05) is 52.7 Å². The monoisotopic (exact) mass is 476 g/mol. The summed E-state index contributed by atoms with van der Waals surface area (Å²) in [5.41, 5.74) is 0.861. The zero-order valence-corrected chi connectivity index (χ0v) is 18.7. The number of rotatable bonds is 6. The van der Waals surface area contributed by atoms with Crippen molar-refractivity contribution in [1.82, 2.24) is 10.2 Å². The van der Waals surface area contributed by atoms with Crippen molar-refractivity contribution >= 4 is 57.2 Å². The number of hydrogen-bond acceptors (Lipinski definition) is 6. The third-order valence-corrected chi connectivity index (χ3v) is 6.31. The van der Waals surface area contributed by atoms with Gasteiger partial charge in [0.2, 0.25) is 11.0 Å². The van der Waals surface area contributed by atoms with Crippen molar-refractivity contribution in [2.45, 2.75) is 25.4 Å². The minimum Gasteiger partial charge on any atom is -0.479 e. The molecule has 2 amide bonds. The number of carbonyl (C=O) groups is 2. The molecule has 2 aromatic carbocycles. The van der Waals surface area contributed by atoms with Crippen LogP contribution in [0.4, 0.5) is 10.8 Å². The lowest BCUT2D eigenvalue weighted by Crippen LogP contribution is -2.30. The van der Waals surface area contributed by atoms with E-state index in [9.17, 15) is 9.59 Å². The van der Waals surface area contributed by atoms with Crippen LogP contribution in [0.1, 0.15) is 24.3 Å². The molecule has 2 atom stereocenters. The highest BCUT2D eigenvalue weighted by molar-refractivity contribution is 7.15. The summed E-state index contributed by atoms with van der Waals surface area (Å²) in [5.74, 6) is -0.0597. The molecule has 0 radical (unpaired) electrons. The molecule has 2 heterocycles. The second-order valence-electron chi connectivity index (χ2n) is 7.01. The van der Waals surface area contributed by atoms with E-state index in [1.807, 2.05) is 30.3 Å². The number of ether oxygens (including phenoxy) is 1. The molecule has 1 aromatic heterocycles. The molecule has 10 heteroatoms. The lowest BCUT2D eigenvalue weighted by atomic mass is 10.1. The van der Waals surface area contributed by atoms with Crippen molar-refractivity contribution in [3.63, 3.8) is 0 Å². The molecule has 0 bridgehead atoms. The Morgan fingerprint density at radius 2 is 2.00 bits per heavy atom. The highest BCUT2D eigenvalue weighted by Crippen LogP contribution is 2.34. The molecular weight excluding hydrogens is 459 g/mol. The van der Waals surface area contributed by atoms with Crippen LogP contribution in [0.25, 0.3) is 0 Å². The summed E-state index contributed by atoms with van der Waals surface area (Å²) in [6, 6.07) is 14.3. The maximum Gasteiger partial charge on any atom is 0.266 e. The summed E-state index contributed by atoms with van der Waals surface area (Å²) in [6.07, 6.45) is -0.459. The Morgan fingerprint density at radius 1 is 1.23 bits per heavy atom. The number of anilines is 2. The predicted molar refractivity (Wildman–Crippen MR) is 121 cm³/mol. The van der Waals surface area contributed by atoms with Crippen LogP contribution in [0.5, 0.6) is 5.75 Å². The smallest absolute Gasteiger partial charge is 0.266 e. The van der Waals surface area contributed by atoms with Gasteiger partial charge in [0.1, 0.15) is 10.8 Å². The number of para-hydroxylation sites is 1. The van der Waals surface area contributed by atoms with Gasteiger partial charge in [0.15, 0.2) is 6.10 Å². The first-order valence-electron chi connectivity index (χ1n) is 9.52. The quantitative estimate of drug-likeness (QED) is 0.553. The molecule has 31 heavy (non-hydrogen) atoms. The van der Waals surface area contributed by atoms with E-state index < -0.39 is 6.10 Å². The molecule has 0 saturated carbocycles. The molecule has 7 nitrogen and oxygen atoms in total. The normalized spacial score (nSPS) is 16.9. The number of nitrogens with one attached hydrogen (secondary N) is 1. The summed E-state index contributed by atoms with van der Waals surface area (Å²) in [4.78, 5) is 26.7. The largest absolute Gasteiger partial charge is 0.479 e. The molecule has 4 rings (SSSR count). The van der Waals surface area contributed by atoms with Crippen molar-refractivity contribution in [2.24, 2.45) is 0 Å². The summed E-state index contributed by atoms with van der Waals surface area (Å²) >= 11 is 13.2. The Kier molecular flexibility index (Phi) is 6.41. The van der Waals surface area contributed by atoms with E-state index in [0.717, 1.165) is 5.69 Å². The van der Waals surface area contributed by atoms with Crippen LogP contribution in [0.3, 0.4) is 0 Å². The molecule has 1 fully saturated rings. The average Bonchev–Trinajstić information content (AvgIpc) is 3.37. The van der Waals surface area contributed by atoms with Crippen molar-refractivity contribution in [1.29, 1.82) is 0 Å². The molecule has 0 spiro atoms. The molecular formula is C21H18Cl2N4O3S. The number of nitrogens with zero attached hydrogens (tertiary/aromatic N) is 3. The average molecular weight is 477 g/mol. The van der Waals surface area contributed by atoms with Gasteiger partial charge in [0.05, 0.1) is 5.02 Å². The first-order chi connectivity index (χ1) is 14.9. The maximum atomic E-state index is 12.5. The Bertz CT molecular complexity index is 1110. The van der Waals surface area contributed by atoms with Gasteiger partial charge < -0.3 is 9.64 Å². The number of hydrogen-bond donors (Lipinski definition) is 1. The van der Waals surface area contributed by atoms with Crippen LogP contribution in [0.2, 0.25) is 10.0 Å². The SMILES string of the molecule is CC(Oc1ccc(Cl)cc1Cl)C(=O)Nc1nnc(C2CC(=O)N(c3ccccc3)C2)s1. The number of aromatic nitrogens is 2. The van der Waals surface area contributed by atoms with E-state index in [2.05, 4.69) is 15.5 Å².